The Morgan fingerprint density at radius 3 is 2.03 bits per heavy atom. The highest BCUT2D eigenvalue weighted by atomic mass is 15.0. The summed E-state index contributed by atoms with van der Waals surface area (Å²) in [7, 11) is 0. The van der Waals surface area contributed by atoms with Crippen molar-refractivity contribution in [2.75, 3.05) is 0 Å². The van der Waals surface area contributed by atoms with Gasteiger partial charge in [-0.05, 0) is 78.0 Å². The third-order valence-corrected chi connectivity index (χ3v) is 8.66. The molecule has 0 aliphatic carbocycles. The van der Waals surface area contributed by atoms with Gasteiger partial charge in [-0.25, -0.2) is 0 Å². The lowest BCUT2D eigenvalue weighted by Gasteiger charge is -2.57. The molecule has 5 rings (SSSR count). The average molecular weight is 452 g/mol. The summed E-state index contributed by atoms with van der Waals surface area (Å²) in [6, 6.07) is 19.3. The standard InChI is InChI=1S/C33H41N/c1-11-22(4)23-13-15-29-26(19-23)33(31(5,6)7,32(8,9)10)27-18-21(3)17-25-24-16-20(2)12-14-28(24)34(29)30(25)27/h12-19,22H,11H2,1-10H3. The molecule has 2 heterocycles. The highest BCUT2D eigenvalue weighted by molar-refractivity contribution is 6.12. The molecule has 0 spiro atoms. The first kappa shape index (κ1) is 23.2. The zero-order chi connectivity index (χ0) is 24.8. The predicted octanol–water partition coefficient (Wildman–Crippen LogP) is 9.61. The zero-order valence-corrected chi connectivity index (χ0v) is 22.9. The van der Waals surface area contributed by atoms with Gasteiger partial charge in [-0.1, -0.05) is 90.8 Å². The summed E-state index contributed by atoms with van der Waals surface area (Å²) in [5, 5.41) is 2.76. The first-order valence-electron chi connectivity index (χ1n) is 13.0. The van der Waals surface area contributed by atoms with E-state index in [2.05, 4.69) is 122 Å². The molecular formula is C33H41N. The van der Waals surface area contributed by atoms with Crippen molar-refractivity contribution in [3.63, 3.8) is 0 Å². The van der Waals surface area contributed by atoms with Crippen LogP contribution in [0.25, 0.3) is 27.5 Å². The van der Waals surface area contributed by atoms with Crippen molar-refractivity contribution < 1.29 is 0 Å². The molecular weight excluding hydrogens is 410 g/mol. The maximum atomic E-state index is 2.57. The van der Waals surface area contributed by atoms with Crippen LogP contribution in [0.15, 0.2) is 48.5 Å². The number of hydrogen-bond acceptors (Lipinski definition) is 0. The Bertz CT molecular complexity index is 1420. The molecule has 0 bridgehead atoms. The van der Waals surface area contributed by atoms with Gasteiger partial charge in [0.2, 0.25) is 0 Å². The molecule has 3 aromatic carbocycles. The Labute approximate surface area is 206 Å². The Morgan fingerprint density at radius 1 is 0.765 bits per heavy atom. The maximum absolute atomic E-state index is 2.57. The number of fused-ring (bicyclic) bond motifs is 5. The van der Waals surface area contributed by atoms with E-state index in [4.69, 9.17) is 0 Å². The maximum Gasteiger partial charge on any atom is 0.0582 e. The second-order valence-electron chi connectivity index (χ2n) is 12.9. The van der Waals surface area contributed by atoms with Crippen LogP contribution in [0.5, 0.6) is 0 Å². The lowest BCUT2D eigenvalue weighted by molar-refractivity contribution is 0.0902. The number of aryl methyl sites for hydroxylation is 2. The van der Waals surface area contributed by atoms with Crippen molar-refractivity contribution in [3.8, 4) is 5.69 Å². The quantitative estimate of drug-likeness (QED) is 0.286. The first-order valence-corrected chi connectivity index (χ1v) is 13.0. The average Bonchev–Trinajstić information content (AvgIpc) is 3.05. The van der Waals surface area contributed by atoms with E-state index in [0.717, 1.165) is 6.42 Å². The summed E-state index contributed by atoms with van der Waals surface area (Å²) in [6.07, 6.45) is 1.16. The molecule has 0 saturated heterocycles. The second kappa shape index (κ2) is 7.23. The molecule has 1 nitrogen and oxygen atoms in total. The molecule has 178 valence electrons. The molecule has 4 aromatic rings. The molecule has 0 N–H and O–H groups in total. The third-order valence-electron chi connectivity index (χ3n) is 8.66. The van der Waals surface area contributed by atoms with Crippen LogP contribution in [0.1, 0.15) is 95.5 Å². The van der Waals surface area contributed by atoms with Crippen molar-refractivity contribution in [1.82, 2.24) is 4.57 Å². The summed E-state index contributed by atoms with van der Waals surface area (Å²) in [6.45, 7) is 23.9. The number of benzene rings is 3. The smallest absolute Gasteiger partial charge is 0.0582 e. The minimum Gasteiger partial charge on any atom is -0.309 e. The van der Waals surface area contributed by atoms with Crippen molar-refractivity contribution in [3.05, 3.63) is 76.3 Å². The molecule has 1 aromatic heterocycles. The monoisotopic (exact) mass is 451 g/mol. The van der Waals surface area contributed by atoms with Gasteiger partial charge in [-0.15, -0.1) is 0 Å². The van der Waals surface area contributed by atoms with Gasteiger partial charge in [0.25, 0.3) is 0 Å². The van der Waals surface area contributed by atoms with Gasteiger partial charge < -0.3 is 4.57 Å². The van der Waals surface area contributed by atoms with Crippen LogP contribution in [0.2, 0.25) is 0 Å². The van der Waals surface area contributed by atoms with Crippen molar-refractivity contribution in [1.29, 1.82) is 0 Å². The van der Waals surface area contributed by atoms with Gasteiger partial charge in [0.1, 0.15) is 0 Å². The predicted molar refractivity (Wildman–Crippen MR) is 149 cm³/mol. The zero-order valence-electron chi connectivity index (χ0n) is 22.9. The lowest BCUT2D eigenvalue weighted by Crippen LogP contribution is -2.53. The molecule has 1 aliphatic heterocycles. The fraction of sp³-hybridized carbons (Fsp3) is 0.455. The summed E-state index contributed by atoms with van der Waals surface area (Å²) in [5.41, 5.74) is 11.1. The summed E-state index contributed by atoms with van der Waals surface area (Å²) < 4.78 is 2.57. The lowest BCUT2D eigenvalue weighted by atomic mass is 9.47. The van der Waals surface area contributed by atoms with Crippen LogP contribution in [-0.2, 0) is 5.41 Å². The summed E-state index contributed by atoms with van der Waals surface area (Å²) >= 11 is 0. The van der Waals surface area contributed by atoms with Crippen LogP contribution in [0, 0.1) is 24.7 Å². The van der Waals surface area contributed by atoms with Gasteiger partial charge in [0, 0.05) is 16.2 Å². The van der Waals surface area contributed by atoms with Crippen LogP contribution in [0.4, 0.5) is 0 Å². The number of aromatic nitrogens is 1. The Balaban J connectivity index is 2.11. The number of hydrogen-bond donors (Lipinski definition) is 0. The summed E-state index contributed by atoms with van der Waals surface area (Å²) in [4.78, 5) is 0. The third kappa shape index (κ3) is 2.85. The molecule has 1 unspecified atom stereocenters. The molecule has 34 heavy (non-hydrogen) atoms. The highest BCUT2D eigenvalue weighted by Gasteiger charge is 2.56. The van der Waals surface area contributed by atoms with Gasteiger partial charge in [0.05, 0.1) is 16.7 Å². The fourth-order valence-electron chi connectivity index (χ4n) is 7.42. The van der Waals surface area contributed by atoms with E-state index in [0.29, 0.717) is 5.92 Å². The second-order valence-corrected chi connectivity index (χ2v) is 12.9. The number of rotatable bonds is 2. The molecule has 1 atom stereocenters. The Kier molecular flexibility index (Phi) is 4.94. The van der Waals surface area contributed by atoms with E-state index >= 15 is 0 Å². The van der Waals surface area contributed by atoms with E-state index in [1.54, 1.807) is 0 Å². The van der Waals surface area contributed by atoms with Crippen molar-refractivity contribution >= 4 is 21.8 Å². The molecule has 0 saturated carbocycles. The van der Waals surface area contributed by atoms with Gasteiger partial charge in [0.15, 0.2) is 0 Å². The SMILES string of the molecule is CCC(C)c1ccc2c(c1)C(C(C)(C)C)(C(C)(C)C)c1cc(C)cc3c4cc(C)ccc4n-2c13. The van der Waals surface area contributed by atoms with E-state index in [-0.39, 0.29) is 16.2 Å². The molecule has 0 amide bonds. The Hall–Kier alpha value is -2.54. The van der Waals surface area contributed by atoms with Crippen LogP contribution >= 0.6 is 0 Å². The van der Waals surface area contributed by atoms with E-state index in [9.17, 15) is 0 Å². The minimum absolute atomic E-state index is 0.0203. The van der Waals surface area contributed by atoms with Crippen molar-refractivity contribution in [2.24, 2.45) is 10.8 Å². The normalized spacial score (nSPS) is 16.2. The van der Waals surface area contributed by atoms with Gasteiger partial charge in [-0.2, -0.15) is 0 Å². The van der Waals surface area contributed by atoms with E-state index < -0.39 is 0 Å². The van der Waals surface area contributed by atoms with Gasteiger partial charge in [-0.3, -0.25) is 0 Å². The van der Waals surface area contributed by atoms with Crippen molar-refractivity contribution in [2.45, 2.75) is 87.0 Å². The fourth-order valence-corrected chi connectivity index (χ4v) is 7.42. The van der Waals surface area contributed by atoms with Crippen LogP contribution in [-0.4, -0.2) is 4.57 Å². The van der Waals surface area contributed by atoms with E-state index in [1.165, 1.54) is 55.3 Å². The summed E-state index contributed by atoms with van der Waals surface area (Å²) in [5.74, 6) is 0.547. The highest BCUT2D eigenvalue weighted by Crippen LogP contribution is 2.63. The van der Waals surface area contributed by atoms with E-state index in [1.807, 2.05) is 0 Å². The minimum atomic E-state index is -0.136. The van der Waals surface area contributed by atoms with Crippen LogP contribution in [0.3, 0.4) is 0 Å². The molecule has 0 radical (unpaired) electrons. The topological polar surface area (TPSA) is 4.93 Å². The largest absolute Gasteiger partial charge is 0.309 e. The van der Waals surface area contributed by atoms with Crippen LogP contribution < -0.4 is 0 Å². The molecule has 1 heteroatoms. The van der Waals surface area contributed by atoms with Gasteiger partial charge >= 0.3 is 0 Å². The molecule has 1 aliphatic rings. The number of nitrogens with zero attached hydrogens (tertiary/aromatic N) is 1. The first-order chi connectivity index (χ1) is 15.8. The Morgan fingerprint density at radius 2 is 1.41 bits per heavy atom. The molecule has 0 fully saturated rings.